The van der Waals surface area contributed by atoms with Gasteiger partial charge in [0, 0.05) is 5.57 Å². The molecule has 0 aliphatic rings. The molecule has 3 nitrogen and oxygen atoms in total. The highest BCUT2D eigenvalue weighted by Crippen LogP contribution is 1.95. The van der Waals surface area contributed by atoms with Gasteiger partial charge in [-0.15, -0.1) is 12.4 Å². The maximum Gasteiger partial charge on any atom is 0.244 e. The van der Waals surface area contributed by atoms with Crippen LogP contribution in [0.3, 0.4) is 0 Å². The van der Waals surface area contributed by atoms with E-state index in [-0.39, 0.29) is 18.3 Å². The molecule has 0 atom stereocenters. The minimum atomic E-state index is -0.350. The van der Waals surface area contributed by atoms with Gasteiger partial charge < -0.3 is 11.5 Å². The number of halogens is 1. The number of allylic oxidation sites excluding steroid dienone is 1. The van der Waals surface area contributed by atoms with Crippen LogP contribution in [0.25, 0.3) is 0 Å². The maximum atomic E-state index is 10.4. The fourth-order valence-electron chi connectivity index (χ4n) is 0.537. The van der Waals surface area contributed by atoms with Gasteiger partial charge in [-0.05, 0) is 26.3 Å². The van der Waals surface area contributed by atoms with E-state index in [1.807, 2.05) is 6.08 Å². The van der Waals surface area contributed by atoms with E-state index in [4.69, 9.17) is 11.5 Å². The topological polar surface area (TPSA) is 69.1 Å². The van der Waals surface area contributed by atoms with Crippen LogP contribution in [0.4, 0.5) is 0 Å². The molecule has 1 amide bonds. The van der Waals surface area contributed by atoms with Gasteiger partial charge in [0.25, 0.3) is 0 Å². The number of nitrogens with two attached hydrogens (primary N) is 2. The lowest BCUT2D eigenvalue weighted by atomic mass is 10.2. The number of hydrogen-bond donors (Lipinski definition) is 2. The lowest BCUT2D eigenvalue weighted by Gasteiger charge is -1.92. The second kappa shape index (κ2) is 7.57. The van der Waals surface area contributed by atoms with Gasteiger partial charge in [-0.2, -0.15) is 0 Å². The number of rotatable bonds is 4. The van der Waals surface area contributed by atoms with Crippen LogP contribution in [0, 0.1) is 0 Å². The molecule has 0 radical (unpaired) electrons. The molecule has 0 aliphatic carbocycles. The Bertz CT molecular complexity index is 145. The van der Waals surface area contributed by atoms with Crippen molar-refractivity contribution in [3.63, 3.8) is 0 Å². The highest BCUT2D eigenvalue weighted by Gasteiger charge is 1.93. The van der Waals surface area contributed by atoms with Crippen molar-refractivity contribution in [2.75, 3.05) is 6.54 Å². The first-order chi connectivity index (χ1) is 4.68. The molecule has 0 fully saturated rings. The number of carbonyl (C=O) groups excluding carboxylic acids is 1. The van der Waals surface area contributed by atoms with Crippen molar-refractivity contribution in [1.82, 2.24) is 0 Å². The second-order valence-electron chi connectivity index (χ2n) is 2.18. The van der Waals surface area contributed by atoms with E-state index in [1.54, 1.807) is 6.92 Å². The molecule has 0 rings (SSSR count). The number of primary amides is 1. The van der Waals surface area contributed by atoms with E-state index < -0.39 is 0 Å². The molecule has 4 heteroatoms. The largest absolute Gasteiger partial charge is 0.366 e. The Hall–Kier alpha value is -0.540. The van der Waals surface area contributed by atoms with E-state index in [2.05, 4.69) is 0 Å². The fraction of sp³-hybridized carbons (Fsp3) is 0.571. The second-order valence-corrected chi connectivity index (χ2v) is 2.18. The minimum absolute atomic E-state index is 0. The molecule has 0 spiro atoms. The van der Waals surface area contributed by atoms with Gasteiger partial charge >= 0.3 is 0 Å². The zero-order valence-electron chi connectivity index (χ0n) is 6.67. The number of unbranched alkanes of at least 4 members (excludes halogenated alkanes) is 1. The van der Waals surface area contributed by atoms with Gasteiger partial charge in [-0.25, -0.2) is 0 Å². The molecule has 4 N–H and O–H groups in total. The average molecular weight is 179 g/mol. The standard InChI is InChI=1S/C7H14N2O.ClH/c1-6(7(9)10)4-2-3-5-8;/h4H,2-3,5,8H2,1H3,(H2,9,10);1H/b6-4+;. The molecule has 66 valence electrons. The summed E-state index contributed by atoms with van der Waals surface area (Å²) in [7, 11) is 0. The first-order valence-electron chi connectivity index (χ1n) is 3.35. The van der Waals surface area contributed by atoms with E-state index >= 15 is 0 Å². The van der Waals surface area contributed by atoms with Crippen molar-refractivity contribution in [1.29, 1.82) is 0 Å². The molecule has 0 bridgehead atoms. The van der Waals surface area contributed by atoms with Gasteiger partial charge in [0.2, 0.25) is 5.91 Å². The molecular weight excluding hydrogens is 164 g/mol. The van der Waals surface area contributed by atoms with Crippen LogP contribution in [0.1, 0.15) is 19.8 Å². The highest BCUT2D eigenvalue weighted by atomic mass is 35.5. The van der Waals surface area contributed by atoms with Gasteiger partial charge in [0.1, 0.15) is 0 Å². The lowest BCUT2D eigenvalue weighted by molar-refractivity contribution is -0.114. The zero-order valence-corrected chi connectivity index (χ0v) is 7.49. The highest BCUT2D eigenvalue weighted by molar-refractivity contribution is 5.91. The zero-order chi connectivity index (χ0) is 7.98. The predicted molar refractivity (Wildman–Crippen MR) is 48.5 cm³/mol. The molecule has 11 heavy (non-hydrogen) atoms. The Balaban J connectivity index is 0. The third-order valence-electron chi connectivity index (χ3n) is 1.25. The van der Waals surface area contributed by atoms with Crippen molar-refractivity contribution in [2.45, 2.75) is 19.8 Å². The SMILES string of the molecule is C/C(=C\CCCN)C(N)=O.Cl. The summed E-state index contributed by atoms with van der Waals surface area (Å²) in [5.74, 6) is -0.350. The molecule has 0 saturated carbocycles. The molecular formula is C7H15ClN2O. The maximum absolute atomic E-state index is 10.4. The third kappa shape index (κ3) is 7.36. The van der Waals surface area contributed by atoms with Crippen LogP contribution in [-0.4, -0.2) is 12.5 Å². The fourth-order valence-corrected chi connectivity index (χ4v) is 0.537. The summed E-state index contributed by atoms with van der Waals surface area (Å²) in [5.41, 5.74) is 10.8. The van der Waals surface area contributed by atoms with Gasteiger partial charge in [0.15, 0.2) is 0 Å². The lowest BCUT2D eigenvalue weighted by Crippen LogP contribution is -2.11. The molecule has 0 aromatic carbocycles. The Morgan fingerprint density at radius 3 is 2.45 bits per heavy atom. The van der Waals surface area contributed by atoms with Gasteiger partial charge in [-0.1, -0.05) is 6.08 Å². The molecule has 0 aliphatic heterocycles. The minimum Gasteiger partial charge on any atom is -0.366 e. The summed E-state index contributed by atoms with van der Waals surface area (Å²) >= 11 is 0. The van der Waals surface area contributed by atoms with E-state index in [0.29, 0.717) is 12.1 Å². The Kier molecular flexibility index (Phi) is 9.00. The van der Waals surface area contributed by atoms with E-state index in [0.717, 1.165) is 12.8 Å². The molecule has 0 saturated heterocycles. The van der Waals surface area contributed by atoms with Crippen molar-refractivity contribution in [2.24, 2.45) is 11.5 Å². The Morgan fingerprint density at radius 1 is 1.55 bits per heavy atom. The quantitative estimate of drug-likeness (QED) is 0.489. The van der Waals surface area contributed by atoms with Crippen LogP contribution < -0.4 is 11.5 Å². The van der Waals surface area contributed by atoms with Crippen LogP contribution in [-0.2, 0) is 4.79 Å². The number of amides is 1. The van der Waals surface area contributed by atoms with E-state index in [9.17, 15) is 4.79 Å². The first kappa shape index (κ1) is 13.1. The Labute approximate surface area is 73.2 Å². The van der Waals surface area contributed by atoms with Crippen LogP contribution in [0.5, 0.6) is 0 Å². The Morgan fingerprint density at radius 2 is 2.09 bits per heavy atom. The van der Waals surface area contributed by atoms with Crippen molar-refractivity contribution in [3.05, 3.63) is 11.6 Å². The van der Waals surface area contributed by atoms with Crippen molar-refractivity contribution < 1.29 is 4.79 Å². The summed E-state index contributed by atoms with van der Waals surface area (Å²) in [5, 5.41) is 0. The first-order valence-corrected chi connectivity index (χ1v) is 3.35. The van der Waals surface area contributed by atoms with Gasteiger partial charge in [0.05, 0.1) is 0 Å². The molecule has 0 heterocycles. The normalized spacial score (nSPS) is 10.5. The smallest absolute Gasteiger partial charge is 0.244 e. The van der Waals surface area contributed by atoms with E-state index in [1.165, 1.54) is 0 Å². The third-order valence-corrected chi connectivity index (χ3v) is 1.25. The summed E-state index contributed by atoms with van der Waals surface area (Å²) in [6.07, 6.45) is 3.56. The van der Waals surface area contributed by atoms with Crippen LogP contribution in [0.15, 0.2) is 11.6 Å². The summed E-state index contributed by atoms with van der Waals surface area (Å²) in [6.45, 7) is 2.36. The molecule has 0 aromatic heterocycles. The molecule has 0 unspecified atom stereocenters. The average Bonchev–Trinajstić information content (AvgIpc) is 1.88. The van der Waals surface area contributed by atoms with Crippen molar-refractivity contribution in [3.8, 4) is 0 Å². The summed E-state index contributed by atoms with van der Waals surface area (Å²) in [6, 6.07) is 0. The number of hydrogen-bond acceptors (Lipinski definition) is 2. The summed E-state index contributed by atoms with van der Waals surface area (Å²) in [4.78, 5) is 10.4. The summed E-state index contributed by atoms with van der Waals surface area (Å²) < 4.78 is 0. The molecule has 0 aromatic rings. The monoisotopic (exact) mass is 178 g/mol. The van der Waals surface area contributed by atoms with Gasteiger partial charge in [-0.3, -0.25) is 4.79 Å². The van der Waals surface area contributed by atoms with Crippen LogP contribution >= 0.6 is 12.4 Å². The predicted octanol–water partition coefficient (Wildman–Crippen LogP) is 0.579. The van der Waals surface area contributed by atoms with Crippen molar-refractivity contribution >= 4 is 18.3 Å². The number of carbonyl (C=O) groups is 1. The van der Waals surface area contributed by atoms with Crippen LogP contribution in [0.2, 0.25) is 0 Å².